The number of hydrogen-bond donors (Lipinski definition) is 1. The van der Waals surface area contributed by atoms with Crippen molar-refractivity contribution in [3.63, 3.8) is 0 Å². The van der Waals surface area contributed by atoms with Gasteiger partial charge in [0, 0.05) is 52.2 Å². The number of nitrogens with one attached hydrogen (secondary N) is 1. The molecule has 1 aromatic rings. The molecule has 0 saturated carbocycles. The van der Waals surface area contributed by atoms with Crippen LogP contribution in [0.5, 0.6) is 0 Å². The molecule has 1 fully saturated rings. The predicted molar refractivity (Wildman–Crippen MR) is 97.4 cm³/mol. The Morgan fingerprint density at radius 3 is 2.79 bits per heavy atom. The molecule has 0 bridgehead atoms. The van der Waals surface area contributed by atoms with Gasteiger partial charge in [-0.2, -0.15) is 0 Å². The highest BCUT2D eigenvalue weighted by Crippen LogP contribution is 2.19. The van der Waals surface area contributed by atoms with Gasteiger partial charge in [0.25, 0.3) is 0 Å². The predicted octanol–water partition coefficient (Wildman–Crippen LogP) is 0.704. The maximum Gasteiger partial charge on any atom is 0.211 e. The van der Waals surface area contributed by atoms with Crippen molar-refractivity contribution in [2.75, 3.05) is 39.5 Å². The van der Waals surface area contributed by atoms with Crippen molar-refractivity contribution in [1.29, 1.82) is 0 Å². The Morgan fingerprint density at radius 1 is 1.50 bits per heavy atom. The summed E-state index contributed by atoms with van der Waals surface area (Å²) in [5.41, 5.74) is 1.22. The van der Waals surface area contributed by atoms with E-state index in [1.165, 1.54) is 11.9 Å². The molecule has 0 aromatic carbocycles. The molecule has 1 saturated heterocycles. The van der Waals surface area contributed by atoms with Crippen molar-refractivity contribution < 1.29 is 8.42 Å². The Bertz CT molecular complexity index is 668. The Morgan fingerprint density at radius 2 is 2.25 bits per heavy atom. The van der Waals surface area contributed by atoms with Gasteiger partial charge < -0.3 is 14.8 Å². The molecule has 2 heterocycles. The molecule has 1 aliphatic heterocycles. The first kappa shape index (κ1) is 18.8. The molecule has 0 aliphatic carbocycles. The Kier molecular flexibility index (Phi) is 6.28. The largest absolute Gasteiger partial charge is 0.357 e. The zero-order valence-corrected chi connectivity index (χ0v) is 15.9. The van der Waals surface area contributed by atoms with Gasteiger partial charge >= 0.3 is 0 Å². The summed E-state index contributed by atoms with van der Waals surface area (Å²) in [5, 5.41) is 3.31. The molecular formula is C16H29N5O2S. The van der Waals surface area contributed by atoms with Crippen LogP contribution in [0.1, 0.15) is 19.0 Å². The highest BCUT2D eigenvalue weighted by molar-refractivity contribution is 7.88. The van der Waals surface area contributed by atoms with Crippen molar-refractivity contribution in [3.8, 4) is 0 Å². The van der Waals surface area contributed by atoms with E-state index in [1.807, 2.05) is 33.3 Å². The van der Waals surface area contributed by atoms with E-state index in [1.54, 1.807) is 4.31 Å². The van der Waals surface area contributed by atoms with Crippen LogP contribution in [0, 0.1) is 5.92 Å². The summed E-state index contributed by atoms with van der Waals surface area (Å²) < 4.78 is 26.9. The molecule has 8 heteroatoms. The number of sulfonamides is 1. The third kappa shape index (κ3) is 4.98. The average molecular weight is 356 g/mol. The smallest absolute Gasteiger partial charge is 0.211 e. The molecule has 7 nitrogen and oxygen atoms in total. The normalized spacial score (nSPS) is 19.7. The van der Waals surface area contributed by atoms with Gasteiger partial charge in [-0.25, -0.2) is 12.7 Å². The molecule has 0 spiro atoms. The number of aliphatic imine (C=N–C) groups is 1. The van der Waals surface area contributed by atoms with Crippen LogP contribution in [0.4, 0.5) is 0 Å². The van der Waals surface area contributed by atoms with Crippen LogP contribution in [-0.4, -0.2) is 67.6 Å². The Labute approximate surface area is 145 Å². The first-order chi connectivity index (χ1) is 11.3. The number of guanidine groups is 1. The van der Waals surface area contributed by atoms with Gasteiger partial charge in [-0.15, -0.1) is 0 Å². The highest BCUT2D eigenvalue weighted by atomic mass is 32.2. The third-order valence-electron chi connectivity index (χ3n) is 4.36. The lowest BCUT2D eigenvalue weighted by atomic mass is 10.1. The van der Waals surface area contributed by atoms with E-state index in [2.05, 4.69) is 20.9 Å². The minimum absolute atomic E-state index is 0.289. The van der Waals surface area contributed by atoms with Crippen LogP contribution < -0.4 is 5.32 Å². The summed E-state index contributed by atoms with van der Waals surface area (Å²) >= 11 is 0. The summed E-state index contributed by atoms with van der Waals surface area (Å²) in [6, 6.07) is 4.13. The van der Waals surface area contributed by atoms with E-state index >= 15 is 0 Å². The lowest BCUT2D eigenvalue weighted by Crippen LogP contribution is -2.39. The summed E-state index contributed by atoms with van der Waals surface area (Å²) in [6.45, 7) is 5.45. The van der Waals surface area contributed by atoms with E-state index in [0.29, 0.717) is 19.6 Å². The van der Waals surface area contributed by atoms with Gasteiger partial charge in [0.05, 0.1) is 12.8 Å². The second-order valence-electron chi connectivity index (χ2n) is 6.44. The fourth-order valence-corrected chi connectivity index (χ4v) is 3.83. The topological polar surface area (TPSA) is 69.9 Å². The SMILES string of the molecule is CCNC(=NCC1CCN(S(C)(=O)=O)C1)N(C)Cc1cccn1C. The molecule has 1 aromatic heterocycles. The molecular weight excluding hydrogens is 326 g/mol. The van der Waals surface area contributed by atoms with Crippen molar-refractivity contribution in [3.05, 3.63) is 24.0 Å². The molecule has 136 valence electrons. The monoisotopic (exact) mass is 355 g/mol. The van der Waals surface area contributed by atoms with E-state index in [-0.39, 0.29) is 5.92 Å². The van der Waals surface area contributed by atoms with Crippen LogP contribution in [0.25, 0.3) is 0 Å². The van der Waals surface area contributed by atoms with Crippen molar-refractivity contribution in [2.24, 2.45) is 18.0 Å². The molecule has 1 atom stereocenters. The minimum atomic E-state index is -3.08. The van der Waals surface area contributed by atoms with Crippen molar-refractivity contribution in [2.45, 2.75) is 19.9 Å². The second-order valence-corrected chi connectivity index (χ2v) is 8.42. The van der Waals surface area contributed by atoms with Crippen LogP contribution >= 0.6 is 0 Å². The standard InChI is InChI=1S/C16H29N5O2S/c1-5-17-16(20(3)13-15-7-6-9-19(15)2)18-11-14-8-10-21(12-14)24(4,22)23/h6-7,9,14H,5,8,10-13H2,1-4H3,(H,17,18). The van der Waals surface area contributed by atoms with Gasteiger partial charge in [0.2, 0.25) is 10.0 Å². The van der Waals surface area contributed by atoms with Gasteiger partial charge in [-0.3, -0.25) is 4.99 Å². The van der Waals surface area contributed by atoms with Gasteiger partial charge in [-0.05, 0) is 31.4 Å². The van der Waals surface area contributed by atoms with Gasteiger partial charge in [-0.1, -0.05) is 0 Å². The van der Waals surface area contributed by atoms with Crippen LogP contribution in [0.15, 0.2) is 23.3 Å². The molecule has 2 rings (SSSR count). The van der Waals surface area contributed by atoms with Crippen LogP contribution in [-0.2, 0) is 23.6 Å². The summed E-state index contributed by atoms with van der Waals surface area (Å²) in [4.78, 5) is 6.82. The Balaban J connectivity index is 1.97. The average Bonchev–Trinajstić information content (AvgIpc) is 3.13. The van der Waals surface area contributed by atoms with Crippen LogP contribution in [0.2, 0.25) is 0 Å². The van der Waals surface area contributed by atoms with Crippen molar-refractivity contribution >= 4 is 16.0 Å². The maximum atomic E-state index is 11.6. The van der Waals surface area contributed by atoms with E-state index < -0.39 is 10.0 Å². The molecule has 1 aliphatic rings. The second kappa shape index (κ2) is 8.02. The first-order valence-corrected chi connectivity index (χ1v) is 10.2. The number of nitrogens with zero attached hydrogens (tertiary/aromatic N) is 4. The van der Waals surface area contributed by atoms with E-state index in [9.17, 15) is 8.42 Å². The summed E-state index contributed by atoms with van der Waals surface area (Å²) in [7, 11) is 0.970. The van der Waals surface area contributed by atoms with Crippen LogP contribution in [0.3, 0.4) is 0 Å². The summed E-state index contributed by atoms with van der Waals surface area (Å²) in [6.07, 6.45) is 4.18. The Hall–Kier alpha value is -1.54. The molecule has 24 heavy (non-hydrogen) atoms. The molecule has 1 unspecified atom stereocenters. The lowest BCUT2D eigenvalue weighted by Gasteiger charge is -2.23. The highest BCUT2D eigenvalue weighted by Gasteiger charge is 2.28. The third-order valence-corrected chi connectivity index (χ3v) is 5.63. The molecule has 0 radical (unpaired) electrons. The number of rotatable bonds is 6. The fourth-order valence-electron chi connectivity index (χ4n) is 2.91. The fraction of sp³-hybridized carbons (Fsp3) is 0.688. The quantitative estimate of drug-likeness (QED) is 0.603. The van der Waals surface area contributed by atoms with Gasteiger partial charge in [0.15, 0.2) is 5.96 Å². The van der Waals surface area contributed by atoms with E-state index in [4.69, 9.17) is 4.99 Å². The minimum Gasteiger partial charge on any atom is -0.357 e. The number of aromatic nitrogens is 1. The maximum absolute atomic E-state index is 11.6. The van der Waals surface area contributed by atoms with Gasteiger partial charge in [0.1, 0.15) is 0 Å². The number of aryl methyl sites for hydroxylation is 1. The van der Waals surface area contributed by atoms with Crippen molar-refractivity contribution in [1.82, 2.24) is 19.1 Å². The molecule has 0 amide bonds. The zero-order chi connectivity index (χ0) is 17.7. The zero-order valence-electron chi connectivity index (χ0n) is 15.1. The lowest BCUT2D eigenvalue weighted by molar-refractivity contribution is 0.450. The number of hydrogen-bond acceptors (Lipinski definition) is 3. The summed E-state index contributed by atoms with van der Waals surface area (Å²) in [5.74, 6) is 1.15. The first-order valence-electron chi connectivity index (χ1n) is 8.36. The van der Waals surface area contributed by atoms with E-state index in [0.717, 1.165) is 25.5 Å². The molecule has 1 N–H and O–H groups in total.